The van der Waals surface area contributed by atoms with Crippen molar-refractivity contribution in [1.82, 2.24) is 20.5 Å². The zero-order chi connectivity index (χ0) is 27.8. The van der Waals surface area contributed by atoms with E-state index in [4.69, 9.17) is 31.5 Å². The Morgan fingerprint density at radius 2 is 1.79 bits per heavy atom. The molecule has 0 aromatic heterocycles. The smallest absolute Gasteiger partial charge is 0.244 e. The number of nitrogens with two attached hydrogens (primary N) is 3. The van der Waals surface area contributed by atoms with Gasteiger partial charge in [0.15, 0.2) is 5.88 Å². The molecule has 0 spiro atoms. The number of halogens is 1. The monoisotopic (exact) mass is 537 g/mol. The molecule has 0 bridgehead atoms. The quantitative estimate of drug-likeness (QED) is 0.0526. The highest BCUT2D eigenvalue weighted by atomic mass is 19.1. The van der Waals surface area contributed by atoms with Crippen LogP contribution >= 0.6 is 0 Å². The first-order valence-electron chi connectivity index (χ1n) is 12.0. The summed E-state index contributed by atoms with van der Waals surface area (Å²) < 4.78 is 29.9. The van der Waals surface area contributed by atoms with Crippen LogP contribution in [0.15, 0.2) is 54.5 Å². The van der Waals surface area contributed by atoms with E-state index in [9.17, 15) is 18.8 Å². The van der Waals surface area contributed by atoms with Crippen LogP contribution in [0.3, 0.4) is 0 Å². The maximum Gasteiger partial charge on any atom is 0.244 e. The van der Waals surface area contributed by atoms with E-state index in [-0.39, 0.29) is 70.8 Å². The Kier molecular flexibility index (Phi) is 13.2. The van der Waals surface area contributed by atoms with Gasteiger partial charge in [0.2, 0.25) is 17.7 Å². The standard InChI is InChI=1S/C24H36FN7O6/c25-19-12-20(24(35)30-13-18-4-2-1-3-5-18)32(15-19)23(34)17-31(28)16-22(27)38-11-9-36-8-10-37-21(26)14-29-6-7-33/h1-5,7,14,16,19-20,29H,6,8-13,15,17,26-28H2,(H,30,35)/b21-14+,22-16+/t19-,20?/m1/s1. The minimum Gasteiger partial charge on any atom is -0.476 e. The molecule has 1 unspecified atom stereocenters. The fraction of sp³-hybridized carbons (Fsp3) is 0.458. The largest absolute Gasteiger partial charge is 0.476 e. The van der Waals surface area contributed by atoms with Crippen LogP contribution in [0.4, 0.5) is 4.39 Å². The molecule has 0 radical (unpaired) electrons. The number of amides is 2. The van der Waals surface area contributed by atoms with Gasteiger partial charge >= 0.3 is 0 Å². The summed E-state index contributed by atoms with van der Waals surface area (Å²) in [5.74, 6) is 4.95. The van der Waals surface area contributed by atoms with Gasteiger partial charge in [-0.25, -0.2) is 10.2 Å². The third-order valence-corrected chi connectivity index (χ3v) is 5.23. The van der Waals surface area contributed by atoms with Gasteiger partial charge in [-0.1, -0.05) is 30.3 Å². The average Bonchev–Trinajstić information content (AvgIpc) is 3.29. The van der Waals surface area contributed by atoms with Crippen LogP contribution < -0.4 is 27.9 Å². The van der Waals surface area contributed by atoms with Crippen molar-refractivity contribution in [2.45, 2.75) is 25.2 Å². The first kappa shape index (κ1) is 30.2. The van der Waals surface area contributed by atoms with Crippen molar-refractivity contribution in [2.75, 3.05) is 46.1 Å². The van der Waals surface area contributed by atoms with Crippen LogP contribution in [0, 0.1) is 0 Å². The third kappa shape index (κ3) is 11.3. The van der Waals surface area contributed by atoms with Crippen LogP contribution in [0.2, 0.25) is 0 Å². The summed E-state index contributed by atoms with van der Waals surface area (Å²) in [6.45, 7) is 0.610. The molecule has 2 amide bonds. The molecule has 1 fully saturated rings. The molecule has 14 heteroatoms. The van der Waals surface area contributed by atoms with Crippen molar-refractivity contribution in [3.8, 4) is 0 Å². The van der Waals surface area contributed by atoms with E-state index in [0.29, 0.717) is 6.29 Å². The van der Waals surface area contributed by atoms with E-state index < -0.39 is 24.0 Å². The number of benzene rings is 1. The summed E-state index contributed by atoms with van der Waals surface area (Å²) in [6, 6.07) is 8.35. The zero-order valence-electron chi connectivity index (χ0n) is 21.1. The van der Waals surface area contributed by atoms with Crippen LogP contribution in [-0.2, 0) is 35.1 Å². The molecule has 1 aromatic carbocycles. The number of nitrogens with one attached hydrogen (secondary N) is 2. The van der Waals surface area contributed by atoms with Crippen molar-refractivity contribution in [3.05, 3.63) is 60.1 Å². The second-order valence-electron chi connectivity index (χ2n) is 8.23. The Bertz CT molecular complexity index is 949. The van der Waals surface area contributed by atoms with E-state index in [2.05, 4.69) is 10.6 Å². The Hall–Kier alpha value is -4.04. The van der Waals surface area contributed by atoms with Gasteiger partial charge in [-0.3, -0.25) is 9.59 Å². The number of hydrogen-bond acceptors (Lipinski definition) is 11. The molecule has 1 aromatic rings. The highest BCUT2D eigenvalue weighted by molar-refractivity contribution is 5.89. The minimum absolute atomic E-state index is 0.0597. The Morgan fingerprint density at radius 1 is 1.11 bits per heavy atom. The van der Waals surface area contributed by atoms with Gasteiger partial charge in [0.1, 0.15) is 38.3 Å². The topological polar surface area (TPSA) is 188 Å². The fourth-order valence-electron chi connectivity index (χ4n) is 3.49. The summed E-state index contributed by atoms with van der Waals surface area (Å²) in [4.78, 5) is 36.7. The first-order chi connectivity index (χ1) is 18.3. The lowest BCUT2D eigenvalue weighted by Crippen LogP contribution is -2.49. The van der Waals surface area contributed by atoms with Gasteiger partial charge in [-0.2, -0.15) is 0 Å². The van der Waals surface area contributed by atoms with E-state index >= 15 is 0 Å². The third-order valence-electron chi connectivity index (χ3n) is 5.23. The maximum absolute atomic E-state index is 14.1. The van der Waals surface area contributed by atoms with Crippen molar-refractivity contribution >= 4 is 18.1 Å². The van der Waals surface area contributed by atoms with Crippen molar-refractivity contribution in [3.63, 3.8) is 0 Å². The van der Waals surface area contributed by atoms with Gasteiger partial charge in [0.25, 0.3) is 0 Å². The van der Waals surface area contributed by atoms with E-state index in [1.165, 1.54) is 17.3 Å². The Labute approximate surface area is 220 Å². The molecule has 0 saturated carbocycles. The number of alkyl halides is 1. The second kappa shape index (κ2) is 16.7. The Morgan fingerprint density at radius 3 is 2.47 bits per heavy atom. The van der Waals surface area contributed by atoms with Crippen molar-refractivity contribution in [2.24, 2.45) is 17.3 Å². The molecule has 1 saturated heterocycles. The molecule has 0 aliphatic carbocycles. The Balaban J connectivity index is 1.68. The maximum atomic E-state index is 14.1. The summed E-state index contributed by atoms with van der Waals surface area (Å²) in [5, 5.41) is 6.39. The summed E-state index contributed by atoms with van der Waals surface area (Å²) in [6.07, 6.45) is 1.88. The van der Waals surface area contributed by atoms with Gasteiger partial charge in [-0.05, 0) is 5.56 Å². The summed E-state index contributed by atoms with van der Waals surface area (Å²) >= 11 is 0. The lowest BCUT2D eigenvalue weighted by atomic mass is 10.1. The van der Waals surface area contributed by atoms with Crippen LogP contribution in [0.1, 0.15) is 12.0 Å². The van der Waals surface area contributed by atoms with Crippen LogP contribution in [0.25, 0.3) is 0 Å². The molecule has 8 N–H and O–H groups in total. The number of aldehydes is 1. The molecule has 13 nitrogen and oxygen atoms in total. The number of hydrogen-bond donors (Lipinski definition) is 5. The number of nitrogens with zero attached hydrogens (tertiary/aromatic N) is 2. The molecule has 1 aliphatic rings. The summed E-state index contributed by atoms with van der Waals surface area (Å²) in [7, 11) is 0. The number of carbonyl (C=O) groups excluding carboxylic acids is 3. The molecule has 1 heterocycles. The zero-order valence-corrected chi connectivity index (χ0v) is 21.1. The molecule has 210 valence electrons. The molecule has 2 rings (SSSR count). The first-order valence-corrected chi connectivity index (χ1v) is 12.0. The number of carbonyl (C=O) groups is 3. The fourth-order valence-corrected chi connectivity index (χ4v) is 3.49. The van der Waals surface area contributed by atoms with Crippen LogP contribution in [0.5, 0.6) is 0 Å². The van der Waals surface area contributed by atoms with Gasteiger partial charge < -0.3 is 51.0 Å². The van der Waals surface area contributed by atoms with Crippen molar-refractivity contribution < 1.29 is 33.0 Å². The molecular formula is C24H36FN7O6. The van der Waals surface area contributed by atoms with E-state index in [1.54, 1.807) is 0 Å². The second-order valence-corrected chi connectivity index (χ2v) is 8.23. The molecule has 2 atom stereocenters. The highest BCUT2D eigenvalue weighted by Crippen LogP contribution is 2.21. The number of ether oxygens (including phenoxy) is 3. The van der Waals surface area contributed by atoms with E-state index in [1.807, 2.05) is 30.3 Å². The van der Waals surface area contributed by atoms with Gasteiger partial charge in [0.05, 0.1) is 38.7 Å². The van der Waals surface area contributed by atoms with Crippen LogP contribution in [-0.4, -0.2) is 86.3 Å². The normalized spacial score (nSPS) is 17.6. The van der Waals surface area contributed by atoms with Gasteiger partial charge in [-0.15, -0.1) is 0 Å². The number of hydrazine groups is 1. The lowest BCUT2D eigenvalue weighted by Gasteiger charge is -2.25. The number of likely N-dealkylation sites (tertiary alicyclic amines) is 1. The molecule has 38 heavy (non-hydrogen) atoms. The SMILES string of the molecule is N/C(=C\NCC=O)OCCOCCO/C(N)=C/N(N)CC(=O)N1C[C@H](F)CC1C(=O)NCc1ccccc1. The van der Waals surface area contributed by atoms with Gasteiger partial charge in [0, 0.05) is 13.0 Å². The predicted octanol–water partition coefficient (Wildman–Crippen LogP) is -1.23. The predicted molar refractivity (Wildman–Crippen MR) is 136 cm³/mol. The van der Waals surface area contributed by atoms with E-state index in [0.717, 1.165) is 10.6 Å². The number of rotatable bonds is 17. The minimum atomic E-state index is -1.31. The highest BCUT2D eigenvalue weighted by Gasteiger charge is 2.39. The molecule has 1 aliphatic heterocycles. The molecular weight excluding hydrogens is 501 g/mol. The summed E-state index contributed by atoms with van der Waals surface area (Å²) in [5.41, 5.74) is 12.2. The lowest BCUT2D eigenvalue weighted by molar-refractivity contribution is -0.139. The average molecular weight is 538 g/mol. The van der Waals surface area contributed by atoms with Crippen molar-refractivity contribution in [1.29, 1.82) is 0 Å².